The van der Waals surface area contributed by atoms with Gasteiger partial charge in [-0.1, -0.05) is 42.5 Å². The summed E-state index contributed by atoms with van der Waals surface area (Å²) < 4.78 is 17.6. The number of amides is 1. The molecule has 0 aromatic heterocycles. The molecule has 0 N–H and O–H groups in total. The van der Waals surface area contributed by atoms with Gasteiger partial charge in [-0.2, -0.15) is 0 Å². The molecule has 1 heterocycles. The fraction of sp³-hybridized carbons (Fsp3) is 0.333. The van der Waals surface area contributed by atoms with Gasteiger partial charge in [0, 0.05) is 24.9 Å². The lowest BCUT2D eigenvalue weighted by atomic mass is 10.1. The van der Waals surface area contributed by atoms with Crippen molar-refractivity contribution in [3.8, 4) is 0 Å². The number of likely N-dealkylation sites (tertiary alicyclic amines) is 1. The van der Waals surface area contributed by atoms with Crippen molar-refractivity contribution in [2.75, 3.05) is 19.3 Å². The second-order valence-electron chi connectivity index (χ2n) is 6.53. The number of nitrogens with zero attached hydrogens (tertiary/aromatic N) is 1. The molecule has 1 aliphatic heterocycles. The van der Waals surface area contributed by atoms with Crippen molar-refractivity contribution in [2.45, 2.75) is 30.3 Å². The molecule has 0 saturated carbocycles. The molecule has 2 aromatic rings. The molecule has 3 rings (SSSR count). The lowest BCUT2D eigenvalue weighted by Crippen LogP contribution is -2.40. The minimum Gasteiger partial charge on any atom is -0.444 e. The van der Waals surface area contributed by atoms with Crippen LogP contribution in [0, 0.1) is 0 Å². The van der Waals surface area contributed by atoms with Crippen molar-refractivity contribution in [1.82, 2.24) is 4.90 Å². The molecule has 1 fully saturated rings. The normalized spacial score (nSPS) is 16.4. The van der Waals surface area contributed by atoms with Crippen LogP contribution in [-0.4, -0.2) is 40.3 Å². The summed E-state index contributed by atoms with van der Waals surface area (Å²) in [6, 6.07) is 15.7. The maximum Gasteiger partial charge on any atom is 0.340 e. The monoisotopic (exact) mass is 385 g/mol. The van der Waals surface area contributed by atoms with Crippen LogP contribution < -0.4 is 0 Å². The Morgan fingerprint density at radius 1 is 0.963 bits per heavy atom. The van der Waals surface area contributed by atoms with Gasteiger partial charge in [-0.25, -0.2) is 4.79 Å². The summed E-state index contributed by atoms with van der Waals surface area (Å²) >= 11 is 0. The van der Waals surface area contributed by atoms with E-state index < -0.39 is 22.9 Å². The Morgan fingerprint density at radius 2 is 1.59 bits per heavy atom. The molecule has 0 bridgehead atoms. The van der Waals surface area contributed by atoms with E-state index in [9.17, 15) is 13.8 Å². The SMILES string of the molecule is C[S@@](=O)c1ccccc1C(=O)O[C@H](C(=O)N1CCCCC1)c1ccccc1. The Bertz CT molecular complexity index is 831. The highest BCUT2D eigenvalue weighted by atomic mass is 32.2. The van der Waals surface area contributed by atoms with Crippen molar-refractivity contribution >= 4 is 22.7 Å². The molecule has 6 heteroatoms. The lowest BCUT2D eigenvalue weighted by Gasteiger charge is -2.30. The van der Waals surface area contributed by atoms with Crippen LogP contribution in [0.25, 0.3) is 0 Å². The number of piperidine rings is 1. The Kier molecular flexibility index (Phi) is 6.40. The number of hydrogen-bond donors (Lipinski definition) is 0. The van der Waals surface area contributed by atoms with Gasteiger partial charge in [0.15, 0.2) is 0 Å². The molecule has 0 unspecified atom stereocenters. The third-order valence-corrected chi connectivity index (χ3v) is 5.61. The zero-order chi connectivity index (χ0) is 19.2. The fourth-order valence-corrected chi connectivity index (χ4v) is 3.96. The predicted octanol–water partition coefficient (Wildman–Crippen LogP) is 3.33. The number of carbonyl (C=O) groups is 2. The standard InChI is InChI=1S/C21H23NO4S/c1-27(25)18-13-7-6-12-17(18)21(24)26-19(16-10-4-2-5-11-16)20(23)22-14-8-3-9-15-22/h2,4-7,10-13,19H,3,8-9,14-15H2,1H3/t19-,27+/m0/s1. The highest BCUT2D eigenvalue weighted by Gasteiger charge is 2.31. The minimum absolute atomic E-state index is 0.204. The first-order valence-electron chi connectivity index (χ1n) is 9.05. The van der Waals surface area contributed by atoms with Gasteiger partial charge < -0.3 is 9.64 Å². The number of benzene rings is 2. The van der Waals surface area contributed by atoms with Crippen LogP contribution in [0.15, 0.2) is 59.5 Å². The van der Waals surface area contributed by atoms with Gasteiger partial charge in [0.25, 0.3) is 5.91 Å². The van der Waals surface area contributed by atoms with Crippen LogP contribution in [0.1, 0.15) is 41.3 Å². The van der Waals surface area contributed by atoms with Crippen LogP contribution in [0.5, 0.6) is 0 Å². The second kappa shape index (κ2) is 8.95. The second-order valence-corrected chi connectivity index (χ2v) is 7.88. The predicted molar refractivity (Wildman–Crippen MR) is 104 cm³/mol. The third kappa shape index (κ3) is 4.63. The zero-order valence-electron chi connectivity index (χ0n) is 15.3. The minimum atomic E-state index is -1.33. The molecular weight excluding hydrogens is 362 g/mol. The molecule has 1 saturated heterocycles. The highest BCUT2D eigenvalue weighted by molar-refractivity contribution is 7.84. The first-order chi connectivity index (χ1) is 13.1. The highest BCUT2D eigenvalue weighted by Crippen LogP contribution is 2.25. The van der Waals surface area contributed by atoms with Crippen molar-refractivity contribution in [1.29, 1.82) is 0 Å². The van der Waals surface area contributed by atoms with Crippen molar-refractivity contribution in [3.63, 3.8) is 0 Å². The van der Waals surface area contributed by atoms with Crippen LogP contribution in [-0.2, 0) is 20.3 Å². The van der Waals surface area contributed by atoms with Crippen molar-refractivity contribution in [3.05, 3.63) is 65.7 Å². The summed E-state index contributed by atoms with van der Waals surface area (Å²) in [4.78, 5) is 28.1. The Balaban J connectivity index is 1.89. The third-order valence-electron chi connectivity index (χ3n) is 4.64. The summed E-state index contributed by atoms with van der Waals surface area (Å²) in [5, 5.41) is 0. The first kappa shape index (κ1) is 19.3. The fourth-order valence-electron chi connectivity index (χ4n) is 3.23. The van der Waals surface area contributed by atoms with Crippen LogP contribution in [0.2, 0.25) is 0 Å². The molecular formula is C21H23NO4S. The van der Waals surface area contributed by atoms with Gasteiger partial charge in [-0.05, 0) is 31.4 Å². The lowest BCUT2D eigenvalue weighted by molar-refractivity contribution is -0.142. The van der Waals surface area contributed by atoms with E-state index in [1.807, 2.05) is 18.2 Å². The summed E-state index contributed by atoms with van der Waals surface area (Å²) in [6.45, 7) is 1.35. The van der Waals surface area contributed by atoms with Gasteiger partial charge in [0.1, 0.15) is 0 Å². The largest absolute Gasteiger partial charge is 0.444 e. The van der Waals surface area contributed by atoms with E-state index >= 15 is 0 Å². The topological polar surface area (TPSA) is 63.7 Å². The van der Waals surface area contributed by atoms with E-state index in [2.05, 4.69) is 0 Å². The van der Waals surface area contributed by atoms with Crippen molar-refractivity contribution < 1.29 is 18.5 Å². The number of ether oxygens (including phenoxy) is 1. The summed E-state index contributed by atoms with van der Waals surface area (Å²) in [5.41, 5.74) is 0.863. The van der Waals surface area contributed by atoms with Crippen LogP contribution in [0.4, 0.5) is 0 Å². The molecule has 1 amide bonds. The van der Waals surface area contributed by atoms with E-state index in [1.165, 1.54) is 6.26 Å². The quantitative estimate of drug-likeness (QED) is 0.741. The van der Waals surface area contributed by atoms with Gasteiger partial charge >= 0.3 is 5.97 Å². The molecule has 27 heavy (non-hydrogen) atoms. The summed E-state index contributed by atoms with van der Waals surface area (Å²) in [6.07, 6.45) is 3.53. The van der Waals surface area contributed by atoms with E-state index in [-0.39, 0.29) is 11.5 Å². The van der Waals surface area contributed by atoms with Crippen LogP contribution in [0.3, 0.4) is 0 Å². The Morgan fingerprint density at radius 3 is 2.26 bits per heavy atom. The summed E-state index contributed by atoms with van der Waals surface area (Å²) in [5.74, 6) is -0.843. The molecule has 2 aromatic carbocycles. The number of carbonyl (C=O) groups excluding carboxylic acids is 2. The molecule has 0 spiro atoms. The first-order valence-corrected chi connectivity index (χ1v) is 10.6. The number of esters is 1. The van der Waals surface area contributed by atoms with Gasteiger partial charge in [0.2, 0.25) is 6.10 Å². The maximum absolute atomic E-state index is 13.1. The van der Waals surface area contributed by atoms with Gasteiger partial charge in [0.05, 0.1) is 21.3 Å². The smallest absolute Gasteiger partial charge is 0.340 e. The molecule has 142 valence electrons. The number of hydrogen-bond acceptors (Lipinski definition) is 4. The Labute approximate surface area is 161 Å². The average Bonchev–Trinajstić information content (AvgIpc) is 2.72. The number of rotatable bonds is 5. The summed E-state index contributed by atoms with van der Waals surface area (Å²) in [7, 11) is -1.33. The Hall–Kier alpha value is -2.47. The molecule has 0 radical (unpaired) electrons. The average molecular weight is 385 g/mol. The van der Waals surface area contributed by atoms with Crippen molar-refractivity contribution in [2.24, 2.45) is 0 Å². The van der Waals surface area contributed by atoms with Gasteiger partial charge in [-0.3, -0.25) is 9.00 Å². The molecule has 1 aliphatic rings. The van der Waals surface area contributed by atoms with Gasteiger partial charge in [-0.15, -0.1) is 0 Å². The van der Waals surface area contributed by atoms with E-state index in [4.69, 9.17) is 4.74 Å². The van der Waals surface area contributed by atoms with Crippen LogP contribution >= 0.6 is 0 Å². The molecule has 0 aliphatic carbocycles. The van der Waals surface area contributed by atoms with E-state index in [0.717, 1.165) is 19.3 Å². The molecule has 2 atom stereocenters. The zero-order valence-corrected chi connectivity index (χ0v) is 16.1. The maximum atomic E-state index is 13.1. The van der Waals surface area contributed by atoms with E-state index in [1.54, 1.807) is 41.3 Å². The molecule has 5 nitrogen and oxygen atoms in total. The van der Waals surface area contributed by atoms with E-state index in [0.29, 0.717) is 23.5 Å².